The molecule has 0 spiro atoms. The average molecular weight is 665 g/mol. The molecule has 7 heteroatoms. The van der Waals surface area contributed by atoms with E-state index in [2.05, 4.69) is 163 Å². The van der Waals surface area contributed by atoms with Gasteiger partial charge >= 0.3 is 0 Å². The number of ether oxygens (including phenoxy) is 1. The van der Waals surface area contributed by atoms with E-state index < -0.39 is 13.6 Å². The summed E-state index contributed by atoms with van der Waals surface area (Å²) in [5.41, 5.74) is 5.74. The lowest BCUT2D eigenvalue weighted by Crippen LogP contribution is -2.38. The number of pyridine rings is 1. The van der Waals surface area contributed by atoms with E-state index >= 15 is 0 Å². The van der Waals surface area contributed by atoms with Crippen LogP contribution in [-0.2, 0) is 17.0 Å². The largest absolute Gasteiger partial charge is 0.361 e. The van der Waals surface area contributed by atoms with Gasteiger partial charge in [-0.1, -0.05) is 141 Å². The van der Waals surface area contributed by atoms with Gasteiger partial charge in [0.2, 0.25) is 0 Å². The van der Waals surface area contributed by atoms with Crippen molar-refractivity contribution >= 4 is 30.9 Å². The van der Waals surface area contributed by atoms with Gasteiger partial charge in [0, 0.05) is 59.6 Å². The van der Waals surface area contributed by atoms with Crippen molar-refractivity contribution in [2.75, 3.05) is 6.61 Å². The van der Waals surface area contributed by atoms with Crippen molar-refractivity contribution in [2.24, 2.45) is 0 Å². The molecule has 0 saturated carbocycles. The molecular formula is C41H40N4OSSi. The Bertz CT molecular complexity index is 1990. The summed E-state index contributed by atoms with van der Waals surface area (Å²) in [6.07, 6.45) is 8.33. The van der Waals surface area contributed by atoms with Crippen LogP contribution in [0.5, 0.6) is 0 Å². The first-order valence-corrected chi connectivity index (χ1v) is 21.0. The minimum atomic E-state index is -1.20. The second-order valence-corrected chi connectivity index (χ2v) is 20.1. The highest BCUT2D eigenvalue weighted by atomic mass is 32.2. The number of aromatic nitrogens is 4. The van der Waals surface area contributed by atoms with Crippen molar-refractivity contribution in [3.05, 3.63) is 169 Å². The van der Waals surface area contributed by atoms with E-state index in [-0.39, 0.29) is 0 Å². The van der Waals surface area contributed by atoms with Gasteiger partial charge in [-0.3, -0.25) is 4.68 Å². The average Bonchev–Trinajstić information content (AvgIpc) is 3.74. The molecule has 0 saturated heterocycles. The second kappa shape index (κ2) is 13.8. The molecule has 0 amide bonds. The molecule has 0 aliphatic carbocycles. The fourth-order valence-electron chi connectivity index (χ4n) is 6.28. The molecule has 0 fully saturated rings. The van der Waals surface area contributed by atoms with Crippen LogP contribution in [0, 0.1) is 0 Å². The van der Waals surface area contributed by atoms with E-state index in [4.69, 9.17) is 14.8 Å². The van der Waals surface area contributed by atoms with Gasteiger partial charge in [0.25, 0.3) is 0 Å². The lowest BCUT2D eigenvalue weighted by atomic mass is 9.77. The van der Waals surface area contributed by atoms with Crippen LogP contribution in [-0.4, -0.2) is 34.0 Å². The van der Waals surface area contributed by atoms with E-state index in [1.165, 1.54) is 4.90 Å². The van der Waals surface area contributed by atoms with E-state index in [1.54, 1.807) is 11.8 Å². The van der Waals surface area contributed by atoms with Crippen LogP contribution in [0.2, 0.25) is 25.7 Å². The van der Waals surface area contributed by atoms with Gasteiger partial charge in [0.05, 0.1) is 6.20 Å². The molecule has 0 atom stereocenters. The number of nitrogens with zero attached hydrogens (tertiary/aromatic N) is 4. The Morgan fingerprint density at radius 1 is 0.688 bits per heavy atom. The fourth-order valence-corrected chi connectivity index (χ4v) is 7.89. The maximum atomic E-state index is 6.24. The van der Waals surface area contributed by atoms with Crippen LogP contribution in [0.3, 0.4) is 0 Å². The molecule has 240 valence electrons. The monoisotopic (exact) mass is 664 g/mol. The van der Waals surface area contributed by atoms with Gasteiger partial charge in [-0.05, 0) is 40.9 Å². The number of rotatable bonds is 12. The zero-order valence-electron chi connectivity index (χ0n) is 27.7. The summed E-state index contributed by atoms with van der Waals surface area (Å²) in [6.45, 7) is 8.34. The highest BCUT2D eigenvalue weighted by molar-refractivity contribution is 7.99. The van der Waals surface area contributed by atoms with Crippen molar-refractivity contribution in [1.82, 2.24) is 19.3 Å². The normalized spacial score (nSPS) is 12.1. The third-order valence-electron chi connectivity index (χ3n) is 8.71. The Labute approximate surface area is 288 Å². The molecule has 0 aliphatic rings. The molecule has 7 aromatic rings. The SMILES string of the molecule is C[Si](C)(C)CCOCn1cc(-c2cnn(C(c3ccccc3)(c3ccccc3)c3ccccc3)c2)c2cc(Sc3ccccc3)cnc21. The van der Waals surface area contributed by atoms with Crippen molar-refractivity contribution in [1.29, 1.82) is 0 Å². The van der Waals surface area contributed by atoms with Gasteiger partial charge in [-0.15, -0.1) is 0 Å². The van der Waals surface area contributed by atoms with Crippen LogP contribution in [0.15, 0.2) is 162 Å². The van der Waals surface area contributed by atoms with E-state index in [0.29, 0.717) is 6.73 Å². The summed E-state index contributed by atoms with van der Waals surface area (Å²) >= 11 is 1.72. The molecule has 0 radical (unpaired) electrons. The van der Waals surface area contributed by atoms with Crippen molar-refractivity contribution in [2.45, 2.75) is 47.7 Å². The third-order valence-corrected chi connectivity index (χ3v) is 11.4. The molecule has 0 aliphatic heterocycles. The standard InChI is InChI=1S/C41H40N4OSSi/c1-48(2,3)25-24-46-31-44-30-39(38-26-37(28-42-40(38)44)47-36-22-14-7-15-23-36)32-27-43-45(29-32)41(33-16-8-4-9-17-33,34-18-10-5-11-19-34)35-20-12-6-13-21-35/h4-23,26-30H,24-25,31H2,1-3H3. The summed E-state index contributed by atoms with van der Waals surface area (Å²) < 4.78 is 10.5. The highest BCUT2D eigenvalue weighted by Crippen LogP contribution is 2.42. The number of hydrogen-bond acceptors (Lipinski definition) is 4. The topological polar surface area (TPSA) is 44.9 Å². The van der Waals surface area contributed by atoms with E-state index in [0.717, 1.165) is 56.4 Å². The predicted octanol–water partition coefficient (Wildman–Crippen LogP) is 10.2. The summed E-state index contributed by atoms with van der Waals surface area (Å²) in [5.74, 6) is 0. The summed E-state index contributed by atoms with van der Waals surface area (Å²) in [4.78, 5) is 7.26. The molecule has 0 unspecified atom stereocenters. The maximum Gasteiger partial charge on any atom is 0.142 e. The highest BCUT2D eigenvalue weighted by Gasteiger charge is 2.39. The van der Waals surface area contributed by atoms with Gasteiger partial charge in [0.1, 0.15) is 17.9 Å². The lowest BCUT2D eigenvalue weighted by Gasteiger charge is -2.36. The van der Waals surface area contributed by atoms with Gasteiger partial charge < -0.3 is 9.30 Å². The number of hydrogen-bond donors (Lipinski definition) is 0. The minimum absolute atomic E-state index is 0.454. The van der Waals surface area contributed by atoms with Crippen LogP contribution in [0.4, 0.5) is 0 Å². The van der Waals surface area contributed by atoms with Crippen molar-refractivity contribution in [3.63, 3.8) is 0 Å². The van der Waals surface area contributed by atoms with Gasteiger partial charge in [-0.2, -0.15) is 5.10 Å². The molecule has 0 bridgehead atoms. The summed E-state index contributed by atoms with van der Waals surface area (Å²) in [5, 5.41) is 6.24. The Morgan fingerprint density at radius 3 is 1.81 bits per heavy atom. The molecule has 48 heavy (non-hydrogen) atoms. The maximum absolute atomic E-state index is 6.24. The van der Waals surface area contributed by atoms with Crippen molar-refractivity contribution in [3.8, 4) is 11.1 Å². The first-order valence-electron chi connectivity index (χ1n) is 16.4. The predicted molar refractivity (Wildman–Crippen MR) is 200 cm³/mol. The van der Waals surface area contributed by atoms with Crippen LogP contribution >= 0.6 is 11.8 Å². The van der Waals surface area contributed by atoms with Crippen molar-refractivity contribution < 1.29 is 4.74 Å². The summed E-state index contributed by atoms with van der Waals surface area (Å²) in [7, 11) is -1.20. The van der Waals surface area contributed by atoms with E-state index in [9.17, 15) is 0 Å². The molecule has 0 N–H and O–H groups in total. The summed E-state index contributed by atoms with van der Waals surface area (Å²) in [6, 6.07) is 45.8. The molecule has 4 aromatic carbocycles. The Hall–Kier alpha value is -4.69. The van der Waals surface area contributed by atoms with Gasteiger partial charge in [0.15, 0.2) is 0 Å². The third kappa shape index (κ3) is 6.54. The molecule has 3 aromatic heterocycles. The number of fused-ring (bicyclic) bond motifs is 1. The molecular weight excluding hydrogens is 625 g/mol. The Balaban J connectivity index is 1.36. The smallest absolute Gasteiger partial charge is 0.142 e. The Morgan fingerprint density at radius 2 is 1.25 bits per heavy atom. The van der Waals surface area contributed by atoms with E-state index in [1.807, 2.05) is 18.5 Å². The first-order chi connectivity index (χ1) is 23.4. The van der Waals surface area contributed by atoms with Gasteiger partial charge in [-0.25, -0.2) is 4.98 Å². The minimum Gasteiger partial charge on any atom is -0.361 e. The van der Waals surface area contributed by atoms with Crippen LogP contribution in [0.25, 0.3) is 22.2 Å². The molecule has 7 rings (SSSR count). The zero-order valence-corrected chi connectivity index (χ0v) is 29.5. The number of benzene rings is 4. The fraction of sp³-hybridized carbons (Fsp3) is 0.171. The quantitative estimate of drug-likeness (QED) is 0.0741. The lowest BCUT2D eigenvalue weighted by molar-refractivity contribution is 0.0899. The second-order valence-electron chi connectivity index (χ2n) is 13.3. The van der Waals surface area contributed by atoms with Crippen LogP contribution < -0.4 is 0 Å². The van der Waals surface area contributed by atoms with Crippen LogP contribution in [0.1, 0.15) is 16.7 Å². The first kappa shape index (κ1) is 31.9. The molecule has 5 nitrogen and oxygen atoms in total. The Kier molecular flexibility index (Phi) is 9.17. The zero-order chi connectivity index (χ0) is 33.0. The molecule has 3 heterocycles.